The summed E-state index contributed by atoms with van der Waals surface area (Å²) in [5.74, 6) is 0. The van der Waals surface area contributed by atoms with Crippen LogP contribution >= 0.6 is 0 Å². The van der Waals surface area contributed by atoms with E-state index in [2.05, 4.69) is 0 Å². The molecule has 80 valence electrons. The highest BCUT2D eigenvalue weighted by molar-refractivity contribution is 5.57. The summed E-state index contributed by atoms with van der Waals surface area (Å²) in [7, 11) is 0. The van der Waals surface area contributed by atoms with E-state index in [0.717, 1.165) is 24.3 Å². The van der Waals surface area contributed by atoms with Crippen molar-refractivity contribution < 1.29 is 4.92 Å². The summed E-state index contributed by atoms with van der Waals surface area (Å²) in [6, 6.07) is 5.31. The molecule has 0 bridgehead atoms. The number of nitrogens with zero attached hydrogens (tertiary/aromatic N) is 2. The fourth-order valence-corrected chi connectivity index (χ4v) is 1.75. The minimum atomic E-state index is -0.365. The molecule has 15 heavy (non-hydrogen) atoms. The fourth-order valence-electron chi connectivity index (χ4n) is 1.75. The Bertz CT molecular complexity index is 400. The van der Waals surface area contributed by atoms with E-state index in [0.29, 0.717) is 0 Å². The lowest BCUT2D eigenvalue weighted by Gasteiger charge is -2.38. The van der Waals surface area contributed by atoms with Gasteiger partial charge >= 0.3 is 0 Å². The normalized spacial score (nSPS) is 16.3. The largest absolute Gasteiger partial charge is 0.368 e. The van der Waals surface area contributed by atoms with Gasteiger partial charge in [-0.05, 0) is 18.6 Å². The smallest absolute Gasteiger partial charge is 0.271 e. The molecule has 1 fully saturated rings. The molecule has 1 aliphatic heterocycles. The van der Waals surface area contributed by atoms with Gasteiger partial charge in [-0.15, -0.1) is 0 Å². The topological polar surface area (TPSA) is 72.4 Å². The number of nitro benzene ring substituents is 1. The molecular formula is C10H13N3O2. The predicted octanol–water partition coefficient (Wildman–Crippen LogP) is 1.05. The number of benzene rings is 1. The predicted molar refractivity (Wildman–Crippen MR) is 58.0 cm³/mol. The summed E-state index contributed by atoms with van der Waals surface area (Å²) < 4.78 is 0. The van der Waals surface area contributed by atoms with E-state index < -0.39 is 0 Å². The second-order valence-electron chi connectivity index (χ2n) is 3.95. The Morgan fingerprint density at radius 1 is 1.47 bits per heavy atom. The zero-order chi connectivity index (χ0) is 11.0. The number of nitrogens with two attached hydrogens (primary N) is 1. The number of anilines is 1. The molecule has 2 rings (SSSR count). The van der Waals surface area contributed by atoms with Gasteiger partial charge in [0.15, 0.2) is 0 Å². The SMILES string of the molecule is Cc1cc(N2CC(N)C2)cc([N+](=O)[O-])c1. The molecule has 5 heteroatoms. The summed E-state index contributed by atoms with van der Waals surface area (Å²) in [5, 5.41) is 10.7. The lowest BCUT2D eigenvalue weighted by atomic mass is 10.1. The molecule has 1 aromatic carbocycles. The second kappa shape index (κ2) is 3.51. The summed E-state index contributed by atoms with van der Waals surface area (Å²) in [4.78, 5) is 12.3. The van der Waals surface area contributed by atoms with Gasteiger partial charge in [-0.25, -0.2) is 0 Å². The van der Waals surface area contributed by atoms with E-state index in [9.17, 15) is 10.1 Å². The Hall–Kier alpha value is -1.62. The molecule has 1 heterocycles. The highest BCUT2D eigenvalue weighted by Gasteiger charge is 2.24. The van der Waals surface area contributed by atoms with Crippen molar-refractivity contribution in [2.75, 3.05) is 18.0 Å². The maximum absolute atomic E-state index is 10.7. The number of aryl methyl sites for hydroxylation is 1. The molecule has 0 aromatic heterocycles. The number of hydrogen-bond donors (Lipinski definition) is 1. The van der Waals surface area contributed by atoms with Crippen molar-refractivity contribution in [1.29, 1.82) is 0 Å². The molecule has 0 aliphatic carbocycles. The van der Waals surface area contributed by atoms with E-state index in [1.807, 2.05) is 17.9 Å². The van der Waals surface area contributed by atoms with Gasteiger partial charge in [0.1, 0.15) is 0 Å². The maximum Gasteiger partial charge on any atom is 0.271 e. The molecule has 1 aromatic rings. The second-order valence-corrected chi connectivity index (χ2v) is 3.95. The molecule has 0 spiro atoms. The Morgan fingerprint density at radius 3 is 2.67 bits per heavy atom. The van der Waals surface area contributed by atoms with Crippen LogP contribution in [0.5, 0.6) is 0 Å². The van der Waals surface area contributed by atoms with Gasteiger partial charge in [0.05, 0.1) is 4.92 Å². The summed E-state index contributed by atoms with van der Waals surface area (Å²) in [6.45, 7) is 3.41. The average Bonchev–Trinajstić information content (AvgIpc) is 2.12. The molecule has 1 aliphatic rings. The minimum absolute atomic E-state index is 0.144. The van der Waals surface area contributed by atoms with E-state index in [-0.39, 0.29) is 16.7 Å². The third kappa shape index (κ3) is 1.92. The molecule has 0 saturated carbocycles. The first-order chi connectivity index (χ1) is 7.06. The first kappa shape index (κ1) is 9.92. The zero-order valence-electron chi connectivity index (χ0n) is 8.51. The van der Waals surface area contributed by atoms with E-state index in [1.165, 1.54) is 0 Å². The average molecular weight is 207 g/mol. The van der Waals surface area contributed by atoms with Crippen molar-refractivity contribution in [3.05, 3.63) is 33.9 Å². The first-order valence-corrected chi connectivity index (χ1v) is 4.83. The summed E-state index contributed by atoms with van der Waals surface area (Å²) >= 11 is 0. The Kier molecular flexibility index (Phi) is 2.32. The molecule has 0 radical (unpaired) electrons. The quantitative estimate of drug-likeness (QED) is 0.581. The van der Waals surface area contributed by atoms with Crippen LogP contribution in [-0.2, 0) is 0 Å². The van der Waals surface area contributed by atoms with Crippen LogP contribution in [0.2, 0.25) is 0 Å². The molecular weight excluding hydrogens is 194 g/mol. The highest BCUT2D eigenvalue weighted by atomic mass is 16.6. The van der Waals surface area contributed by atoms with Crippen LogP contribution in [0.4, 0.5) is 11.4 Å². The van der Waals surface area contributed by atoms with Gasteiger partial charge in [0.2, 0.25) is 0 Å². The van der Waals surface area contributed by atoms with Crippen molar-refractivity contribution in [2.24, 2.45) is 5.73 Å². The van der Waals surface area contributed by atoms with Gasteiger partial charge in [0.25, 0.3) is 5.69 Å². The third-order valence-corrected chi connectivity index (χ3v) is 2.53. The Labute approximate surface area is 87.6 Å². The standard InChI is InChI=1S/C10H13N3O2/c1-7-2-9(12-5-8(11)6-12)4-10(3-7)13(14)15/h2-4,8H,5-6,11H2,1H3. The maximum atomic E-state index is 10.7. The van der Waals surface area contributed by atoms with Crippen LogP contribution in [0.15, 0.2) is 18.2 Å². The molecule has 0 atom stereocenters. The van der Waals surface area contributed by atoms with Crippen LogP contribution in [0.1, 0.15) is 5.56 Å². The highest BCUT2D eigenvalue weighted by Crippen LogP contribution is 2.26. The van der Waals surface area contributed by atoms with Crippen molar-refractivity contribution in [1.82, 2.24) is 0 Å². The monoisotopic (exact) mass is 207 g/mol. The number of hydrogen-bond acceptors (Lipinski definition) is 4. The van der Waals surface area contributed by atoms with Gasteiger partial charge in [-0.3, -0.25) is 10.1 Å². The Balaban J connectivity index is 2.28. The molecule has 0 amide bonds. The molecule has 5 nitrogen and oxygen atoms in total. The fraction of sp³-hybridized carbons (Fsp3) is 0.400. The van der Waals surface area contributed by atoms with Crippen molar-refractivity contribution in [3.63, 3.8) is 0 Å². The minimum Gasteiger partial charge on any atom is -0.368 e. The first-order valence-electron chi connectivity index (χ1n) is 4.83. The van der Waals surface area contributed by atoms with Crippen LogP contribution in [-0.4, -0.2) is 24.1 Å². The lowest BCUT2D eigenvalue weighted by molar-refractivity contribution is -0.384. The van der Waals surface area contributed by atoms with Gasteiger partial charge in [-0.2, -0.15) is 0 Å². The summed E-state index contributed by atoms with van der Waals surface area (Å²) in [6.07, 6.45) is 0. The number of nitro groups is 1. The van der Waals surface area contributed by atoms with E-state index in [4.69, 9.17) is 5.73 Å². The van der Waals surface area contributed by atoms with E-state index in [1.54, 1.807) is 12.1 Å². The Morgan fingerprint density at radius 2 is 2.13 bits per heavy atom. The zero-order valence-corrected chi connectivity index (χ0v) is 8.51. The van der Waals surface area contributed by atoms with Crippen molar-refractivity contribution in [3.8, 4) is 0 Å². The lowest BCUT2D eigenvalue weighted by Crippen LogP contribution is -2.55. The third-order valence-electron chi connectivity index (χ3n) is 2.53. The number of rotatable bonds is 2. The van der Waals surface area contributed by atoms with Crippen molar-refractivity contribution >= 4 is 11.4 Å². The molecule has 2 N–H and O–H groups in total. The number of non-ortho nitro benzene ring substituents is 1. The van der Waals surface area contributed by atoms with Crippen LogP contribution in [0.3, 0.4) is 0 Å². The van der Waals surface area contributed by atoms with Gasteiger partial charge in [-0.1, -0.05) is 0 Å². The van der Waals surface area contributed by atoms with Crippen LogP contribution in [0.25, 0.3) is 0 Å². The van der Waals surface area contributed by atoms with E-state index >= 15 is 0 Å². The van der Waals surface area contributed by atoms with Crippen LogP contribution in [0, 0.1) is 17.0 Å². The van der Waals surface area contributed by atoms with Gasteiger partial charge < -0.3 is 10.6 Å². The molecule has 1 saturated heterocycles. The van der Waals surface area contributed by atoms with Gasteiger partial charge in [0, 0.05) is 37.0 Å². The van der Waals surface area contributed by atoms with Crippen molar-refractivity contribution in [2.45, 2.75) is 13.0 Å². The van der Waals surface area contributed by atoms with Crippen LogP contribution < -0.4 is 10.6 Å². The summed E-state index contributed by atoms with van der Waals surface area (Å²) in [5.41, 5.74) is 7.61. The molecule has 0 unspecified atom stereocenters.